The Balaban J connectivity index is 1.80. The molecule has 3 rings (SSSR count). The Hall–Kier alpha value is -2.96. The summed E-state index contributed by atoms with van der Waals surface area (Å²) in [6.45, 7) is 3.47. The number of nitro benzene ring substituents is 1. The number of rotatable bonds is 5. The predicted molar refractivity (Wildman–Crippen MR) is 94.7 cm³/mol. The standard InChI is InChI=1S/C18H20N4O3/c1-13(15-5-4-8-19-12-15)20-18(23)14-6-7-16(17(11-14)22(24)25)21-9-2-3-10-21/h4-8,11-13H,2-3,9-10H2,1H3,(H,20,23). The van der Waals surface area contributed by atoms with Crippen molar-refractivity contribution in [3.8, 4) is 0 Å². The SMILES string of the molecule is CC(NC(=O)c1ccc(N2CCCC2)c([N+](=O)[O-])c1)c1cccnc1. The molecule has 7 nitrogen and oxygen atoms in total. The number of pyridine rings is 1. The molecule has 25 heavy (non-hydrogen) atoms. The summed E-state index contributed by atoms with van der Waals surface area (Å²) in [5.41, 5.74) is 1.72. The van der Waals surface area contributed by atoms with Gasteiger partial charge in [-0.05, 0) is 43.5 Å². The summed E-state index contributed by atoms with van der Waals surface area (Å²) >= 11 is 0. The first-order chi connectivity index (χ1) is 12.1. The summed E-state index contributed by atoms with van der Waals surface area (Å²) in [5.74, 6) is -0.340. The van der Waals surface area contributed by atoms with Gasteiger partial charge in [0.05, 0.1) is 11.0 Å². The number of nitrogens with zero attached hydrogens (tertiary/aromatic N) is 3. The Morgan fingerprint density at radius 3 is 2.72 bits per heavy atom. The van der Waals surface area contributed by atoms with Crippen LogP contribution in [0.15, 0.2) is 42.7 Å². The minimum atomic E-state index is -0.422. The molecule has 7 heteroatoms. The molecule has 1 amide bonds. The van der Waals surface area contributed by atoms with E-state index < -0.39 is 4.92 Å². The molecule has 0 spiro atoms. The molecular formula is C18H20N4O3. The summed E-state index contributed by atoms with van der Waals surface area (Å²) in [6.07, 6.45) is 5.41. The maximum Gasteiger partial charge on any atom is 0.293 e. The third kappa shape index (κ3) is 3.76. The molecule has 130 valence electrons. The van der Waals surface area contributed by atoms with Gasteiger partial charge in [0.15, 0.2) is 0 Å². The van der Waals surface area contributed by atoms with Crippen molar-refractivity contribution in [3.63, 3.8) is 0 Å². The third-order valence-corrected chi connectivity index (χ3v) is 4.41. The van der Waals surface area contributed by atoms with Gasteiger partial charge < -0.3 is 10.2 Å². The number of anilines is 1. The summed E-state index contributed by atoms with van der Waals surface area (Å²) in [5, 5.41) is 14.3. The molecule has 1 atom stereocenters. The predicted octanol–water partition coefficient (Wildman–Crippen LogP) is 3.08. The minimum Gasteiger partial charge on any atom is -0.366 e. The normalized spacial score (nSPS) is 15.0. The number of aromatic nitrogens is 1. The van der Waals surface area contributed by atoms with Crippen molar-refractivity contribution in [3.05, 3.63) is 64.0 Å². The van der Waals surface area contributed by atoms with E-state index in [0.29, 0.717) is 5.69 Å². The van der Waals surface area contributed by atoms with Gasteiger partial charge in [-0.25, -0.2) is 0 Å². The molecule has 0 bridgehead atoms. The summed E-state index contributed by atoms with van der Waals surface area (Å²) < 4.78 is 0. The molecular weight excluding hydrogens is 320 g/mol. The van der Waals surface area contributed by atoms with Crippen molar-refractivity contribution in [1.29, 1.82) is 0 Å². The largest absolute Gasteiger partial charge is 0.366 e. The zero-order chi connectivity index (χ0) is 17.8. The van der Waals surface area contributed by atoms with Crippen LogP contribution in [0, 0.1) is 10.1 Å². The topological polar surface area (TPSA) is 88.4 Å². The van der Waals surface area contributed by atoms with Gasteiger partial charge in [-0.15, -0.1) is 0 Å². The molecule has 2 heterocycles. The zero-order valence-electron chi connectivity index (χ0n) is 14.0. The van der Waals surface area contributed by atoms with Crippen molar-refractivity contribution < 1.29 is 9.72 Å². The quantitative estimate of drug-likeness (QED) is 0.667. The van der Waals surface area contributed by atoms with Gasteiger partial charge in [0, 0.05) is 37.1 Å². The molecule has 0 aliphatic carbocycles. The van der Waals surface area contributed by atoms with E-state index in [9.17, 15) is 14.9 Å². The second-order valence-electron chi connectivity index (χ2n) is 6.14. The Bertz CT molecular complexity index is 773. The molecule has 1 unspecified atom stereocenters. The number of hydrogen-bond acceptors (Lipinski definition) is 5. The van der Waals surface area contributed by atoms with Crippen LogP contribution in [0.4, 0.5) is 11.4 Å². The molecule has 0 saturated carbocycles. The highest BCUT2D eigenvalue weighted by Crippen LogP contribution is 2.31. The Morgan fingerprint density at radius 2 is 2.08 bits per heavy atom. The van der Waals surface area contributed by atoms with Crippen molar-refractivity contribution in [2.24, 2.45) is 0 Å². The molecule has 1 aliphatic rings. The van der Waals surface area contributed by atoms with Crippen molar-refractivity contribution in [2.45, 2.75) is 25.8 Å². The van der Waals surface area contributed by atoms with Crippen LogP contribution < -0.4 is 10.2 Å². The van der Waals surface area contributed by atoms with Crippen molar-refractivity contribution in [2.75, 3.05) is 18.0 Å². The highest BCUT2D eigenvalue weighted by molar-refractivity contribution is 5.96. The van der Waals surface area contributed by atoms with E-state index in [1.165, 1.54) is 6.07 Å². The Morgan fingerprint density at radius 1 is 1.32 bits per heavy atom. The second-order valence-corrected chi connectivity index (χ2v) is 6.14. The number of carbonyl (C=O) groups excluding carboxylic acids is 1. The Kier molecular flexibility index (Phi) is 4.92. The zero-order valence-corrected chi connectivity index (χ0v) is 14.0. The van der Waals surface area contributed by atoms with Crippen LogP contribution in [-0.2, 0) is 0 Å². The van der Waals surface area contributed by atoms with Crippen LogP contribution in [0.3, 0.4) is 0 Å². The van der Waals surface area contributed by atoms with Gasteiger partial charge in [-0.3, -0.25) is 19.9 Å². The number of amides is 1. The van der Waals surface area contributed by atoms with E-state index in [2.05, 4.69) is 10.3 Å². The van der Waals surface area contributed by atoms with E-state index in [1.807, 2.05) is 17.9 Å². The molecule has 1 fully saturated rings. The summed E-state index contributed by atoms with van der Waals surface area (Å²) in [6, 6.07) is 8.11. The molecule has 1 saturated heterocycles. The van der Waals surface area contributed by atoms with Gasteiger partial charge >= 0.3 is 0 Å². The minimum absolute atomic E-state index is 0.0245. The van der Waals surface area contributed by atoms with E-state index >= 15 is 0 Å². The lowest BCUT2D eigenvalue weighted by molar-refractivity contribution is -0.384. The lowest BCUT2D eigenvalue weighted by Gasteiger charge is -2.18. The fourth-order valence-electron chi connectivity index (χ4n) is 3.03. The van der Waals surface area contributed by atoms with Gasteiger partial charge in [-0.1, -0.05) is 6.07 Å². The fourth-order valence-corrected chi connectivity index (χ4v) is 3.03. The van der Waals surface area contributed by atoms with E-state index in [4.69, 9.17) is 0 Å². The second kappa shape index (κ2) is 7.29. The number of hydrogen-bond donors (Lipinski definition) is 1. The van der Waals surface area contributed by atoms with E-state index in [-0.39, 0.29) is 23.2 Å². The van der Waals surface area contributed by atoms with Crippen molar-refractivity contribution in [1.82, 2.24) is 10.3 Å². The van der Waals surface area contributed by atoms with Crippen LogP contribution >= 0.6 is 0 Å². The summed E-state index contributed by atoms with van der Waals surface area (Å²) in [7, 11) is 0. The lowest BCUT2D eigenvalue weighted by atomic mass is 10.1. The van der Waals surface area contributed by atoms with Crippen LogP contribution in [0.1, 0.15) is 41.7 Å². The molecule has 0 radical (unpaired) electrons. The molecule has 1 N–H and O–H groups in total. The van der Waals surface area contributed by atoms with Gasteiger partial charge in [0.1, 0.15) is 5.69 Å². The van der Waals surface area contributed by atoms with Gasteiger partial charge in [0.25, 0.3) is 11.6 Å². The van der Waals surface area contributed by atoms with E-state index in [0.717, 1.165) is 31.5 Å². The monoisotopic (exact) mass is 340 g/mol. The lowest BCUT2D eigenvalue weighted by Crippen LogP contribution is -2.27. The molecule has 1 aromatic carbocycles. The first-order valence-corrected chi connectivity index (χ1v) is 8.30. The maximum atomic E-state index is 12.5. The van der Waals surface area contributed by atoms with Crippen LogP contribution in [0.25, 0.3) is 0 Å². The first-order valence-electron chi connectivity index (χ1n) is 8.30. The first kappa shape index (κ1) is 16.9. The highest BCUT2D eigenvalue weighted by atomic mass is 16.6. The number of benzene rings is 1. The van der Waals surface area contributed by atoms with Gasteiger partial charge in [0.2, 0.25) is 0 Å². The van der Waals surface area contributed by atoms with E-state index in [1.54, 1.807) is 30.6 Å². The van der Waals surface area contributed by atoms with Gasteiger partial charge in [-0.2, -0.15) is 0 Å². The highest BCUT2D eigenvalue weighted by Gasteiger charge is 2.24. The number of carbonyl (C=O) groups is 1. The number of nitro groups is 1. The smallest absolute Gasteiger partial charge is 0.293 e. The molecule has 1 aliphatic heterocycles. The molecule has 1 aromatic heterocycles. The van der Waals surface area contributed by atoms with Crippen LogP contribution in [0.2, 0.25) is 0 Å². The van der Waals surface area contributed by atoms with Crippen LogP contribution in [0.5, 0.6) is 0 Å². The summed E-state index contributed by atoms with van der Waals surface area (Å²) in [4.78, 5) is 29.5. The average Bonchev–Trinajstić information content (AvgIpc) is 3.16. The van der Waals surface area contributed by atoms with Crippen molar-refractivity contribution >= 4 is 17.3 Å². The maximum absolute atomic E-state index is 12.5. The fraction of sp³-hybridized carbons (Fsp3) is 0.333. The number of nitrogens with one attached hydrogen (secondary N) is 1. The van der Waals surface area contributed by atoms with Crippen LogP contribution in [-0.4, -0.2) is 28.9 Å². The average molecular weight is 340 g/mol. The Labute approximate surface area is 145 Å². The molecule has 2 aromatic rings. The third-order valence-electron chi connectivity index (χ3n) is 4.41.